The van der Waals surface area contributed by atoms with E-state index in [1.54, 1.807) is 26.5 Å². The Balaban J connectivity index is 1.85. The maximum absolute atomic E-state index is 5.41. The Hall–Kier alpha value is -3.35. The van der Waals surface area contributed by atoms with Gasteiger partial charge < -0.3 is 20.1 Å². The Kier molecular flexibility index (Phi) is 5.40. The summed E-state index contributed by atoms with van der Waals surface area (Å²) in [4.78, 5) is 4.50. The van der Waals surface area contributed by atoms with E-state index >= 15 is 0 Å². The number of nitrogens with zero attached hydrogens (tertiary/aromatic N) is 3. The number of rotatable bonds is 6. The van der Waals surface area contributed by atoms with Crippen molar-refractivity contribution in [2.45, 2.75) is 20.8 Å². The molecule has 0 unspecified atom stereocenters. The lowest BCUT2D eigenvalue weighted by Gasteiger charge is -2.14. The largest absolute Gasteiger partial charge is 0.497 e. The number of methoxy groups -OCH3 is 2. The van der Waals surface area contributed by atoms with Crippen LogP contribution in [0.15, 0.2) is 36.5 Å². The van der Waals surface area contributed by atoms with Gasteiger partial charge in [-0.2, -0.15) is 10.1 Å². The lowest BCUT2D eigenvalue weighted by molar-refractivity contribution is 0.395. The Morgan fingerprint density at radius 1 is 0.889 bits per heavy atom. The van der Waals surface area contributed by atoms with Crippen LogP contribution in [0.4, 0.5) is 23.1 Å². The van der Waals surface area contributed by atoms with Crippen LogP contribution in [0.25, 0.3) is 0 Å². The highest BCUT2D eigenvalue weighted by molar-refractivity contribution is 5.67. The number of hydrogen-bond acceptors (Lipinski definition) is 7. The second-order valence-electron chi connectivity index (χ2n) is 6.26. The van der Waals surface area contributed by atoms with Crippen LogP contribution >= 0.6 is 0 Å². The third-order valence-electron chi connectivity index (χ3n) is 4.14. The molecule has 0 saturated heterocycles. The van der Waals surface area contributed by atoms with Crippen molar-refractivity contribution in [1.82, 2.24) is 15.2 Å². The molecular formula is C20H23N5O2. The summed E-state index contributed by atoms with van der Waals surface area (Å²) in [6.07, 6.45) is 1.56. The van der Waals surface area contributed by atoms with Crippen LogP contribution in [0.5, 0.6) is 11.5 Å². The van der Waals surface area contributed by atoms with Crippen LogP contribution in [-0.4, -0.2) is 29.4 Å². The monoisotopic (exact) mass is 365 g/mol. The maximum atomic E-state index is 5.41. The molecule has 0 amide bonds. The Bertz CT molecular complexity index is 936. The number of aryl methyl sites for hydroxylation is 3. The zero-order chi connectivity index (χ0) is 19.4. The smallest absolute Gasteiger partial charge is 0.249 e. The second kappa shape index (κ2) is 7.90. The summed E-state index contributed by atoms with van der Waals surface area (Å²) in [5.74, 6) is 2.33. The Morgan fingerprint density at radius 3 is 2.30 bits per heavy atom. The minimum atomic E-state index is 0.419. The predicted octanol–water partition coefficient (Wildman–Crippen LogP) is 4.30. The van der Waals surface area contributed by atoms with E-state index in [-0.39, 0.29) is 0 Å². The highest BCUT2D eigenvalue weighted by Gasteiger charge is 2.10. The molecule has 0 radical (unpaired) electrons. The van der Waals surface area contributed by atoms with Gasteiger partial charge in [-0.25, -0.2) is 0 Å². The van der Waals surface area contributed by atoms with E-state index in [0.29, 0.717) is 23.3 Å². The highest BCUT2D eigenvalue weighted by atomic mass is 16.5. The van der Waals surface area contributed by atoms with Gasteiger partial charge in [0.25, 0.3) is 0 Å². The van der Waals surface area contributed by atoms with Gasteiger partial charge >= 0.3 is 0 Å². The Morgan fingerprint density at radius 2 is 1.63 bits per heavy atom. The summed E-state index contributed by atoms with van der Waals surface area (Å²) in [7, 11) is 3.22. The van der Waals surface area contributed by atoms with Crippen LogP contribution in [0.3, 0.4) is 0 Å². The van der Waals surface area contributed by atoms with Crippen LogP contribution in [0.1, 0.15) is 16.7 Å². The molecule has 7 heteroatoms. The summed E-state index contributed by atoms with van der Waals surface area (Å²) < 4.78 is 10.6. The van der Waals surface area contributed by atoms with Crippen molar-refractivity contribution in [3.05, 3.63) is 53.2 Å². The topological polar surface area (TPSA) is 81.2 Å². The van der Waals surface area contributed by atoms with E-state index in [1.165, 1.54) is 5.56 Å². The van der Waals surface area contributed by atoms with Crippen LogP contribution < -0.4 is 20.1 Å². The first kappa shape index (κ1) is 18.4. The summed E-state index contributed by atoms with van der Waals surface area (Å²) in [6, 6.07) is 9.74. The fraction of sp³-hybridized carbons (Fsp3) is 0.250. The molecule has 0 aliphatic rings. The molecule has 0 bridgehead atoms. The van der Waals surface area contributed by atoms with Crippen LogP contribution in [0.2, 0.25) is 0 Å². The molecule has 0 saturated carbocycles. The van der Waals surface area contributed by atoms with E-state index in [2.05, 4.69) is 58.7 Å². The van der Waals surface area contributed by atoms with Crippen LogP contribution in [0, 0.1) is 20.8 Å². The number of nitrogens with one attached hydrogen (secondary N) is 2. The molecule has 1 aromatic heterocycles. The summed E-state index contributed by atoms with van der Waals surface area (Å²) in [5, 5.41) is 14.6. The quantitative estimate of drug-likeness (QED) is 0.674. The molecule has 1 heterocycles. The molecule has 3 rings (SSSR count). The van der Waals surface area contributed by atoms with Crippen molar-refractivity contribution >= 4 is 23.1 Å². The first-order chi connectivity index (χ1) is 13.0. The third kappa shape index (κ3) is 4.25. The summed E-state index contributed by atoms with van der Waals surface area (Å²) in [6.45, 7) is 6.19. The second-order valence-corrected chi connectivity index (χ2v) is 6.26. The van der Waals surface area contributed by atoms with E-state index in [4.69, 9.17) is 9.47 Å². The summed E-state index contributed by atoms with van der Waals surface area (Å²) >= 11 is 0. The number of ether oxygens (including phenoxy) is 2. The average Bonchev–Trinajstić information content (AvgIpc) is 2.65. The highest BCUT2D eigenvalue weighted by Crippen LogP contribution is 2.31. The van der Waals surface area contributed by atoms with Crippen molar-refractivity contribution in [1.29, 1.82) is 0 Å². The van der Waals surface area contributed by atoms with Crippen molar-refractivity contribution in [3.63, 3.8) is 0 Å². The molecular weight excluding hydrogens is 342 g/mol. The van der Waals surface area contributed by atoms with Gasteiger partial charge in [-0.05, 0) is 44.0 Å². The molecule has 27 heavy (non-hydrogen) atoms. The molecule has 0 fully saturated rings. The first-order valence-electron chi connectivity index (χ1n) is 8.54. The lowest BCUT2D eigenvalue weighted by atomic mass is 10.1. The average molecular weight is 365 g/mol. The van der Waals surface area contributed by atoms with Crippen molar-refractivity contribution in [2.75, 3.05) is 24.9 Å². The zero-order valence-corrected chi connectivity index (χ0v) is 16.1. The fourth-order valence-electron chi connectivity index (χ4n) is 2.95. The van der Waals surface area contributed by atoms with Crippen molar-refractivity contribution < 1.29 is 9.47 Å². The van der Waals surface area contributed by atoms with E-state index in [0.717, 1.165) is 22.5 Å². The van der Waals surface area contributed by atoms with E-state index in [1.807, 2.05) is 12.1 Å². The number of hydrogen-bond donors (Lipinski definition) is 2. The molecule has 140 valence electrons. The number of aromatic nitrogens is 3. The molecule has 2 aromatic carbocycles. The minimum Gasteiger partial charge on any atom is -0.497 e. The molecule has 7 nitrogen and oxygen atoms in total. The van der Waals surface area contributed by atoms with Gasteiger partial charge in [0.1, 0.15) is 11.5 Å². The van der Waals surface area contributed by atoms with Crippen LogP contribution in [-0.2, 0) is 0 Å². The number of anilines is 4. The fourth-order valence-corrected chi connectivity index (χ4v) is 2.95. The van der Waals surface area contributed by atoms with Crippen molar-refractivity contribution in [3.8, 4) is 11.5 Å². The predicted molar refractivity (Wildman–Crippen MR) is 107 cm³/mol. The van der Waals surface area contributed by atoms with Gasteiger partial charge in [0.2, 0.25) is 5.95 Å². The van der Waals surface area contributed by atoms with E-state index < -0.39 is 0 Å². The number of benzene rings is 2. The molecule has 0 spiro atoms. The third-order valence-corrected chi connectivity index (χ3v) is 4.14. The SMILES string of the molecule is COc1ccc(Nc2cnnc(Nc3c(C)cc(C)cc3C)n2)c(OC)c1. The van der Waals surface area contributed by atoms with Gasteiger partial charge in [-0.1, -0.05) is 17.7 Å². The molecule has 0 aliphatic carbocycles. The molecule has 3 aromatic rings. The Labute approximate surface area is 158 Å². The zero-order valence-electron chi connectivity index (χ0n) is 16.1. The van der Waals surface area contributed by atoms with Gasteiger partial charge in [0.05, 0.1) is 26.1 Å². The maximum Gasteiger partial charge on any atom is 0.249 e. The minimum absolute atomic E-state index is 0.419. The molecule has 0 aliphatic heterocycles. The van der Waals surface area contributed by atoms with E-state index in [9.17, 15) is 0 Å². The first-order valence-corrected chi connectivity index (χ1v) is 8.54. The van der Waals surface area contributed by atoms with Gasteiger partial charge in [-0.15, -0.1) is 5.10 Å². The lowest BCUT2D eigenvalue weighted by Crippen LogP contribution is -2.05. The van der Waals surface area contributed by atoms with Crippen molar-refractivity contribution in [2.24, 2.45) is 0 Å². The van der Waals surface area contributed by atoms with Gasteiger partial charge in [-0.3, -0.25) is 0 Å². The van der Waals surface area contributed by atoms with Gasteiger partial charge in [0.15, 0.2) is 5.82 Å². The molecule has 0 atom stereocenters. The van der Waals surface area contributed by atoms with Gasteiger partial charge in [0, 0.05) is 11.8 Å². The standard InChI is InChI=1S/C20H23N5O2/c1-12-8-13(2)19(14(3)9-12)24-20-23-18(11-21-25-20)22-16-7-6-15(26-4)10-17(16)27-5/h6-11H,1-5H3,(H2,22,23,24,25). The summed E-state index contributed by atoms with van der Waals surface area (Å²) in [5.41, 5.74) is 5.23. The normalized spacial score (nSPS) is 10.4. The molecule has 2 N–H and O–H groups in total.